The van der Waals surface area contributed by atoms with E-state index >= 15 is 4.39 Å². The third-order valence-corrected chi connectivity index (χ3v) is 13.0. The second-order valence-electron chi connectivity index (χ2n) is 17.5. The van der Waals surface area contributed by atoms with Gasteiger partial charge < -0.3 is 29.7 Å². The molecule has 1 atom stereocenters. The highest BCUT2D eigenvalue weighted by Gasteiger charge is 2.48. The van der Waals surface area contributed by atoms with Crippen LogP contribution in [-0.2, 0) is 14.4 Å². The van der Waals surface area contributed by atoms with Crippen LogP contribution in [0.15, 0.2) is 42.6 Å². The molecule has 4 amide bonds. The monoisotopic (exact) mass is 846 g/mol. The Kier molecular flexibility index (Phi) is 11.6. The number of rotatable bonds is 10. The molecule has 1 spiro atoms. The number of carbonyl (C=O) groups excluding carboxylic acids is 4. The van der Waals surface area contributed by atoms with Gasteiger partial charge in [-0.05, 0) is 101 Å². The highest BCUT2D eigenvalue weighted by molar-refractivity contribution is 6.02. The summed E-state index contributed by atoms with van der Waals surface area (Å²) in [6, 6.07) is 9.60. The van der Waals surface area contributed by atoms with Crippen LogP contribution in [0.3, 0.4) is 0 Å². The number of fused-ring (bicyclic) bond motifs is 1. The zero-order valence-corrected chi connectivity index (χ0v) is 35.0. The van der Waals surface area contributed by atoms with E-state index in [1.54, 1.807) is 38.1 Å². The lowest BCUT2D eigenvalue weighted by atomic mass is 9.71. The van der Waals surface area contributed by atoms with Gasteiger partial charge in [0, 0.05) is 63.2 Å². The first-order valence-corrected chi connectivity index (χ1v) is 21.0. The fraction of sp³-hybridized carbons (Fsp3) is 0.535. The number of benzene rings is 2. The van der Waals surface area contributed by atoms with Crippen molar-refractivity contribution in [3.05, 3.63) is 59.5 Å². The maximum Gasteiger partial charge on any atom is 0.342 e. The van der Waals surface area contributed by atoms with E-state index in [0.29, 0.717) is 40.6 Å². The first-order chi connectivity index (χ1) is 29.1. The molecule has 5 aliphatic rings. The average Bonchev–Trinajstić information content (AvgIpc) is 3.29. The highest BCUT2D eigenvalue weighted by atomic mass is 19.3. The van der Waals surface area contributed by atoms with Crippen LogP contribution in [0.5, 0.6) is 5.75 Å². The molecule has 6 heterocycles. The van der Waals surface area contributed by atoms with Crippen LogP contribution >= 0.6 is 0 Å². The Bertz CT molecular complexity index is 2180. The number of likely N-dealkylation sites (tertiary alicyclic amines) is 1. The van der Waals surface area contributed by atoms with Crippen LogP contribution in [0.2, 0.25) is 0 Å². The van der Waals surface area contributed by atoms with Crippen molar-refractivity contribution >= 4 is 52.5 Å². The fourth-order valence-electron chi connectivity index (χ4n) is 9.34. The third-order valence-electron chi connectivity index (χ3n) is 13.0. The number of nitrogens with one attached hydrogen (secondary N) is 3. The second kappa shape index (κ2) is 16.8. The van der Waals surface area contributed by atoms with E-state index < -0.39 is 24.3 Å². The highest BCUT2D eigenvalue weighted by Crippen LogP contribution is 2.44. The molecule has 4 saturated heterocycles. The minimum absolute atomic E-state index is 0.108. The Balaban J connectivity index is 0.791. The van der Waals surface area contributed by atoms with E-state index in [9.17, 15) is 28.0 Å². The number of alkyl halides is 2. The second-order valence-corrected chi connectivity index (χ2v) is 17.5. The first kappa shape index (κ1) is 42.2. The van der Waals surface area contributed by atoms with Gasteiger partial charge in [-0.2, -0.15) is 13.8 Å². The van der Waals surface area contributed by atoms with E-state index in [2.05, 4.69) is 35.8 Å². The van der Waals surface area contributed by atoms with Gasteiger partial charge in [0.05, 0.1) is 37.1 Å². The number of halogens is 3. The Hall–Kier alpha value is -5.49. The van der Waals surface area contributed by atoms with Crippen molar-refractivity contribution in [1.82, 2.24) is 30.6 Å². The molecule has 5 aliphatic heterocycles. The van der Waals surface area contributed by atoms with Crippen LogP contribution in [0.1, 0.15) is 74.2 Å². The predicted molar refractivity (Wildman–Crippen MR) is 223 cm³/mol. The number of hydrazine groups is 1. The molecule has 2 aromatic carbocycles. The van der Waals surface area contributed by atoms with E-state index in [4.69, 9.17) is 4.74 Å². The number of ether oxygens (including phenoxy) is 1. The summed E-state index contributed by atoms with van der Waals surface area (Å²) in [5.74, 6) is -5.51. The number of imide groups is 1. The molecule has 0 saturated carbocycles. The number of carbonyl (C=O) groups is 4. The summed E-state index contributed by atoms with van der Waals surface area (Å²) in [4.78, 5) is 65.4. The molecular weight excluding hydrogens is 794 g/mol. The van der Waals surface area contributed by atoms with Gasteiger partial charge in [-0.25, -0.2) is 14.4 Å². The van der Waals surface area contributed by atoms with Crippen molar-refractivity contribution in [2.45, 2.75) is 70.3 Å². The molecule has 18 heteroatoms. The van der Waals surface area contributed by atoms with Gasteiger partial charge in [0.15, 0.2) is 5.82 Å². The summed E-state index contributed by atoms with van der Waals surface area (Å²) in [6.45, 7) is 8.76. The molecule has 0 bridgehead atoms. The Morgan fingerprint density at radius 1 is 0.984 bits per heavy atom. The zero-order valence-electron chi connectivity index (χ0n) is 35.0. The van der Waals surface area contributed by atoms with E-state index in [0.717, 1.165) is 76.4 Å². The minimum Gasteiger partial charge on any atom is -0.495 e. The largest absolute Gasteiger partial charge is 0.495 e. The summed E-state index contributed by atoms with van der Waals surface area (Å²) in [7, 11) is 2.76. The van der Waals surface area contributed by atoms with Crippen molar-refractivity contribution in [3.8, 4) is 5.75 Å². The SMILES string of the molecule is COc1cc(C(=O)NN2CCC(CN3CCC4(CC3)CN(c3ccc(C5CCC(=O)NC5=O)cc3F)C4)CC2)ccc1Nc1ncc2c(n1)N(C(C)C)CC(F)(F)C(=O)N2C. The molecule has 61 heavy (non-hydrogen) atoms. The van der Waals surface area contributed by atoms with Gasteiger partial charge in [0.1, 0.15) is 17.3 Å². The Morgan fingerprint density at radius 2 is 1.72 bits per heavy atom. The van der Waals surface area contributed by atoms with Crippen LogP contribution in [-0.4, -0.2) is 122 Å². The van der Waals surface area contributed by atoms with Gasteiger partial charge in [0.2, 0.25) is 17.8 Å². The van der Waals surface area contributed by atoms with Crippen molar-refractivity contribution in [1.29, 1.82) is 0 Å². The fourth-order valence-corrected chi connectivity index (χ4v) is 9.34. The van der Waals surface area contributed by atoms with Crippen LogP contribution in [0, 0.1) is 17.2 Å². The molecule has 15 nitrogen and oxygen atoms in total. The quantitative estimate of drug-likeness (QED) is 0.243. The molecule has 1 aromatic heterocycles. The number of methoxy groups -OCH3 is 1. The molecule has 3 N–H and O–H groups in total. The van der Waals surface area contributed by atoms with E-state index in [1.165, 1.54) is 31.3 Å². The molecule has 4 fully saturated rings. The summed E-state index contributed by atoms with van der Waals surface area (Å²) in [5, 5.41) is 7.38. The lowest BCUT2D eigenvalue weighted by Crippen LogP contribution is -2.61. The normalized spacial score (nSPS) is 22.1. The number of piperidine rings is 3. The first-order valence-electron chi connectivity index (χ1n) is 21.0. The number of anilines is 5. The van der Waals surface area contributed by atoms with Gasteiger partial charge in [-0.15, -0.1) is 0 Å². The number of hydrogen-bond acceptors (Lipinski definition) is 12. The summed E-state index contributed by atoms with van der Waals surface area (Å²) in [6.07, 6.45) is 6.01. The van der Waals surface area contributed by atoms with Crippen LogP contribution in [0.25, 0.3) is 0 Å². The van der Waals surface area contributed by atoms with Gasteiger partial charge in [-0.3, -0.25) is 29.9 Å². The standard InChI is InChI=1S/C43H53F3N10O5/c1-26(2)56-25-43(45,46)40(60)52(3)34-21-47-41(50-37(34)56)48-32-8-5-29(20-35(32)61-4)38(58)51-55-15-11-27(12-16-55)22-53-17-13-42(14-18-53)23-54(24-42)33-9-6-28(19-31(33)44)30-7-10-36(57)49-39(30)59/h5-6,8-9,19-21,26-27,30H,7,10-18,22-25H2,1-4H3,(H,51,58)(H,47,48,50)(H,49,57,59). The number of aromatic nitrogens is 2. The average molecular weight is 847 g/mol. The van der Waals surface area contributed by atoms with Gasteiger partial charge in [-0.1, -0.05) is 6.07 Å². The molecule has 0 radical (unpaired) electrons. The predicted octanol–water partition coefficient (Wildman–Crippen LogP) is 4.67. The molecular formula is C43H53F3N10O5. The Morgan fingerprint density at radius 3 is 2.39 bits per heavy atom. The number of nitrogens with zero attached hydrogens (tertiary/aromatic N) is 7. The molecule has 326 valence electrons. The maximum atomic E-state index is 15.3. The van der Waals surface area contributed by atoms with Crippen molar-refractivity contribution in [2.24, 2.45) is 11.3 Å². The summed E-state index contributed by atoms with van der Waals surface area (Å²) >= 11 is 0. The number of amides is 4. The molecule has 8 rings (SSSR count). The number of hydrogen-bond donors (Lipinski definition) is 3. The molecule has 0 aliphatic carbocycles. The lowest BCUT2D eigenvalue weighted by molar-refractivity contribution is -0.140. The molecule has 3 aromatic rings. The lowest BCUT2D eigenvalue weighted by Gasteiger charge is -2.55. The van der Waals surface area contributed by atoms with E-state index in [1.807, 2.05) is 11.1 Å². The topological polar surface area (TPSA) is 156 Å². The summed E-state index contributed by atoms with van der Waals surface area (Å²) < 4.78 is 50.4. The molecule has 1 unspecified atom stereocenters. The summed E-state index contributed by atoms with van der Waals surface area (Å²) in [5.41, 5.74) is 5.42. The van der Waals surface area contributed by atoms with Crippen molar-refractivity contribution in [3.63, 3.8) is 0 Å². The van der Waals surface area contributed by atoms with Gasteiger partial charge >= 0.3 is 5.92 Å². The van der Waals surface area contributed by atoms with Crippen molar-refractivity contribution in [2.75, 3.05) is 86.5 Å². The van der Waals surface area contributed by atoms with Crippen LogP contribution < -0.4 is 35.5 Å². The smallest absolute Gasteiger partial charge is 0.342 e. The Labute approximate surface area is 352 Å². The zero-order chi connectivity index (χ0) is 43.2. The van der Waals surface area contributed by atoms with Crippen molar-refractivity contribution < 1.29 is 37.1 Å². The van der Waals surface area contributed by atoms with Gasteiger partial charge in [0.25, 0.3) is 11.8 Å². The van der Waals surface area contributed by atoms with Crippen LogP contribution in [0.4, 0.5) is 42.0 Å². The van der Waals surface area contributed by atoms with E-state index in [-0.39, 0.29) is 58.9 Å². The maximum absolute atomic E-state index is 15.3. The third kappa shape index (κ3) is 8.69. The minimum atomic E-state index is -3.60.